The van der Waals surface area contributed by atoms with Crippen LogP contribution in [0, 0.1) is 6.23 Å². The van der Waals surface area contributed by atoms with Crippen LogP contribution in [-0.4, -0.2) is 5.11 Å². The van der Waals surface area contributed by atoms with Gasteiger partial charge in [0.1, 0.15) is 0 Å². The van der Waals surface area contributed by atoms with E-state index in [1.165, 1.54) is 6.92 Å². The van der Waals surface area contributed by atoms with Crippen LogP contribution < -0.4 is 5.73 Å². The molecule has 0 saturated heterocycles. The van der Waals surface area contributed by atoms with Gasteiger partial charge in [-0.05, 0) is 0 Å². The fourth-order valence-corrected chi connectivity index (χ4v) is 0. The zero-order chi connectivity index (χ0) is 3.58. The number of hydrogen-bond acceptors (Lipinski definition) is 2. The molecule has 0 atom stereocenters. The molecule has 5 heavy (non-hydrogen) atoms. The molecule has 0 heterocycles. The van der Waals surface area contributed by atoms with E-state index < -0.39 is 0 Å². The predicted molar refractivity (Wildman–Crippen MR) is 15.0 cm³/mol. The van der Waals surface area contributed by atoms with E-state index >= 15 is 0 Å². The molecule has 0 aliphatic rings. The van der Waals surface area contributed by atoms with Crippen molar-refractivity contribution in [3.63, 3.8) is 0 Å². The molecule has 35 valence electrons. The molecule has 0 aromatic rings. The van der Waals surface area contributed by atoms with Crippen molar-refractivity contribution in [2.24, 2.45) is 5.73 Å². The molecule has 0 aromatic heterocycles. The van der Waals surface area contributed by atoms with E-state index in [1.54, 1.807) is 0 Å². The van der Waals surface area contributed by atoms with Gasteiger partial charge in [-0.15, -0.1) is 6.23 Å². The van der Waals surface area contributed by atoms with Crippen LogP contribution in [0.5, 0.6) is 0 Å². The van der Waals surface area contributed by atoms with Crippen LogP contribution >= 0.6 is 0 Å². The van der Waals surface area contributed by atoms with Crippen molar-refractivity contribution in [1.29, 1.82) is 0 Å². The van der Waals surface area contributed by atoms with Gasteiger partial charge in [-0.2, -0.15) is 6.92 Å². The van der Waals surface area contributed by atoms with Crippen LogP contribution in [0.15, 0.2) is 0 Å². The smallest absolute Gasteiger partial charge is 0 e. The van der Waals surface area contributed by atoms with Crippen molar-refractivity contribution in [2.45, 2.75) is 6.92 Å². The second-order valence-corrected chi connectivity index (χ2v) is 0.641. The quantitative estimate of drug-likeness (QED) is 0.384. The van der Waals surface area contributed by atoms with Gasteiger partial charge in [-0.1, -0.05) is 0 Å². The molecule has 1 radical (unpaired) electrons. The van der Waals surface area contributed by atoms with E-state index in [0.717, 1.165) is 0 Å². The first-order valence-electron chi connectivity index (χ1n) is 1.01. The SMILES string of the molecule is C[C-](N)O.[Rh]. The van der Waals surface area contributed by atoms with Crippen molar-refractivity contribution >= 4 is 0 Å². The number of nitrogens with two attached hydrogens (primary N) is 1. The van der Waals surface area contributed by atoms with Gasteiger partial charge < -0.3 is 10.8 Å². The summed E-state index contributed by atoms with van der Waals surface area (Å²) in [5.41, 5.74) is 4.58. The number of aliphatic hydroxyl groups is 1. The van der Waals surface area contributed by atoms with Crippen LogP contribution in [0.2, 0.25) is 0 Å². The summed E-state index contributed by atoms with van der Waals surface area (Å²) in [7, 11) is 0. The molecule has 0 spiro atoms. The predicted octanol–water partition coefficient (Wildman–Crippen LogP) is -0.176. The molecule has 0 aromatic carbocycles. The van der Waals surface area contributed by atoms with Crippen molar-refractivity contribution in [3.05, 3.63) is 6.23 Å². The third-order valence-corrected chi connectivity index (χ3v) is 0. The molecule has 0 saturated carbocycles. The Kier molecular flexibility index (Phi) is 8.28. The Hall–Kier alpha value is 0.543. The summed E-state index contributed by atoms with van der Waals surface area (Å²) >= 11 is 0. The normalized spacial score (nSPS) is 7.20. The zero-order valence-corrected chi connectivity index (χ0v) is 4.50. The molecule has 2 nitrogen and oxygen atoms in total. The van der Waals surface area contributed by atoms with Crippen molar-refractivity contribution in [2.75, 3.05) is 0 Å². The van der Waals surface area contributed by atoms with Gasteiger partial charge in [0.05, 0.1) is 0 Å². The largest absolute Gasteiger partial charge is 0.549 e. The van der Waals surface area contributed by atoms with Crippen LogP contribution in [0.1, 0.15) is 6.92 Å². The van der Waals surface area contributed by atoms with E-state index in [4.69, 9.17) is 5.11 Å². The van der Waals surface area contributed by atoms with E-state index in [9.17, 15) is 0 Å². The third-order valence-electron chi connectivity index (χ3n) is 0. The molecule has 0 rings (SSSR count). The van der Waals surface area contributed by atoms with Gasteiger partial charge >= 0.3 is 0 Å². The Morgan fingerprint density at radius 3 is 1.80 bits per heavy atom. The topological polar surface area (TPSA) is 46.2 Å². The fraction of sp³-hybridized carbons (Fsp3) is 0.500. The fourth-order valence-electron chi connectivity index (χ4n) is 0. The summed E-state index contributed by atoms with van der Waals surface area (Å²) in [5, 5.41) is 7.75. The molecular formula is C2H6NORh-. The molecule has 0 fully saturated rings. The maximum atomic E-state index is 7.75. The molecule has 0 amide bonds. The van der Waals surface area contributed by atoms with Gasteiger partial charge in [0.15, 0.2) is 0 Å². The van der Waals surface area contributed by atoms with Crippen LogP contribution in [0.3, 0.4) is 0 Å². The molecule has 3 N–H and O–H groups in total. The Balaban J connectivity index is 0. The number of hydrogen-bond donors (Lipinski definition) is 2. The first kappa shape index (κ1) is 9.11. The van der Waals surface area contributed by atoms with E-state index in [2.05, 4.69) is 5.73 Å². The average Bonchev–Trinajstić information content (AvgIpc) is 0.811. The number of aliphatic hydroxyl groups excluding tert-OH is 1. The van der Waals surface area contributed by atoms with Crippen LogP contribution in [-0.2, 0) is 19.5 Å². The second kappa shape index (κ2) is 4.54. The van der Waals surface area contributed by atoms with E-state index in [-0.39, 0.29) is 25.7 Å². The summed E-state index contributed by atoms with van der Waals surface area (Å²) in [6.07, 6.45) is -0.0833. The summed E-state index contributed by atoms with van der Waals surface area (Å²) in [4.78, 5) is 0. The Labute approximate surface area is 44.1 Å². The molecule has 0 unspecified atom stereocenters. The van der Waals surface area contributed by atoms with Crippen molar-refractivity contribution < 1.29 is 24.6 Å². The van der Waals surface area contributed by atoms with Crippen LogP contribution in [0.4, 0.5) is 0 Å². The van der Waals surface area contributed by atoms with Crippen molar-refractivity contribution in [3.8, 4) is 0 Å². The first-order valence-corrected chi connectivity index (χ1v) is 1.01. The standard InChI is InChI=1S/C2H6NO.Rh/c1-2(3)4;/h4H,3H2,1H3;/q-1;. The third kappa shape index (κ3) is 99.5. The summed E-state index contributed by atoms with van der Waals surface area (Å²) in [5.74, 6) is 0. The molecule has 0 bridgehead atoms. The van der Waals surface area contributed by atoms with Crippen LogP contribution in [0.25, 0.3) is 0 Å². The monoisotopic (exact) mass is 163 g/mol. The Morgan fingerprint density at radius 1 is 1.80 bits per heavy atom. The minimum absolute atomic E-state index is 0. The minimum atomic E-state index is -0.0833. The molecular weight excluding hydrogens is 157 g/mol. The summed E-state index contributed by atoms with van der Waals surface area (Å²) in [6.45, 7) is 1.42. The molecule has 3 heteroatoms. The molecule has 0 aliphatic carbocycles. The maximum Gasteiger partial charge on any atom is 0 e. The summed E-state index contributed by atoms with van der Waals surface area (Å²) in [6, 6.07) is 0. The maximum absolute atomic E-state index is 7.75. The van der Waals surface area contributed by atoms with Gasteiger partial charge in [-0.3, -0.25) is 0 Å². The minimum Gasteiger partial charge on any atom is -0.549 e. The zero-order valence-electron chi connectivity index (χ0n) is 2.86. The van der Waals surface area contributed by atoms with E-state index in [1.807, 2.05) is 0 Å². The first-order chi connectivity index (χ1) is 1.73. The number of rotatable bonds is 0. The van der Waals surface area contributed by atoms with Gasteiger partial charge in [0.2, 0.25) is 0 Å². The van der Waals surface area contributed by atoms with Gasteiger partial charge in [0, 0.05) is 19.5 Å². The average molecular weight is 163 g/mol. The summed E-state index contributed by atoms with van der Waals surface area (Å²) < 4.78 is 0. The van der Waals surface area contributed by atoms with Gasteiger partial charge in [-0.25, -0.2) is 0 Å². The Morgan fingerprint density at radius 2 is 1.80 bits per heavy atom. The molecule has 0 aliphatic heterocycles. The van der Waals surface area contributed by atoms with Crippen molar-refractivity contribution in [1.82, 2.24) is 0 Å². The Bertz CT molecular complexity index is 14.4. The van der Waals surface area contributed by atoms with E-state index in [0.29, 0.717) is 0 Å². The van der Waals surface area contributed by atoms with Gasteiger partial charge in [0.25, 0.3) is 0 Å². The second-order valence-electron chi connectivity index (χ2n) is 0.641.